The summed E-state index contributed by atoms with van der Waals surface area (Å²) in [6.07, 6.45) is 8.75. The molecule has 0 radical (unpaired) electrons. The van der Waals surface area contributed by atoms with Crippen LogP contribution in [0.2, 0.25) is 0 Å². The van der Waals surface area contributed by atoms with Crippen molar-refractivity contribution < 1.29 is 19.4 Å². The van der Waals surface area contributed by atoms with Gasteiger partial charge in [0, 0.05) is 6.42 Å². The van der Waals surface area contributed by atoms with E-state index in [0.29, 0.717) is 24.5 Å². The van der Waals surface area contributed by atoms with Crippen LogP contribution in [0.25, 0.3) is 6.08 Å². The summed E-state index contributed by atoms with van der Waals surface area (Å²) >= 11 is 0. The van der Waals surface area contributed by atoms with Crippen LogP contribution in [-0.4, -0.2) is 24.8 Å². The lowest BCUT2D eigenvalue weighted by Crippen LogP contribution is -2.03. The molecule has 0 bridgehead atoms. The Balaban J connectivity index is 2.32. The molecule has 0 aliphatic carbocycles. The first-order chi connectivity index (χ1) is 10.5. The molecule has 0 saturated carbocycles. The van der Waals surface area contributed by atoms with Crippen LogP contribution in [0.3, 0.4) is 0 Å². The van der Waals surface area contributed by atoms with Crippen LogP contribution in [0.5, 0.6) is 11.5 Å². The molecule has 0 heterocycles. The molecule has 1 aromatic carbocycles. The van der Waals surface area contributed by atoms with Gasteiger partial charge in [-0.15, -0.1) is 0 Å². The van der Waals surface area contributed by atoms with E-state index in [1.165, 1.54) is 7.11 Å². The average molecular weight is 304 g/mol. The summed E-state index contributed by atoms with van der Waals surface area (Å²) in [6.45, 7) is 4.42. The first-order valence-electron chi connectivity index (χ1n) is 7.38. The van der Waals surface area contributed by atoms with Crippen LogP contribution >= 0.6 is 0 Å². The summed E-state index contributed by atoms with van der Waals surface area (Å²) in [4.78, 5) is 11.5. The van der Waals surface area contributed by atoms with Gasteiger partial charge in [0.1, 0.15) is 6.61 Å². The van der Waals surface area contributed by atoms with Gasteiger partial charge in [0.05, 0.1) is 7.11 Å². The molecule has 22 heavy (non-hydrogen) atoms. The number of hydrogen-bond donors (Lipinski definition) is 1. The number of phenolic OH excluding ortho intramolecular Hbond substituents is 1. The van der Waals surface area contributed by atoms with Crippen LogP contribution in [0.4, 0.5) is 0 Å². The van der Waals surface area contributed by atoms with Gasteiger partial charge in [-0.1, -0.05) is 38.1 Å². The van der Waals surface area contributed by atoms with Crippen LogP contribution in [0.1, 0.15) is 32.3 Å². The standard InChI is InChI=1S/C18H24O4/c1-14(2)7-4-5-9-18(20)22-12-6-8-15-10-11-16(19)17(13-15)21-3/h4,6-8,10-11,13-14,19H,5,9,12H2,1-3H3/b7-4+,8-6+. The second kappa shape index (κ2) is 9.66. The van der Waals surface area contributed by atoms with Crippen molar-refractivity contribution in [3.63, 3.8) is 0 Å². The van der Waals surface area contributed by atoms with Crippen LogP contribution in [0.15, 0.2) is 36.4 Å². The highest BCUT2D eigenvalue weighted by atomic mass is 16.5. The van der Waals surface area contributed by atoms with E-state index in [1.54, 1.807) is 24.3 Å². The van der Waals surface area contributed by atoms with Crippen LogP contribution < -0.4 is 4.74 Å². The normalized spacial score (nSPS) is 11.5. The molecular formula is C18H24O4. The first-order valence-corrected chi connectivity index (χ1v) is 7.38. The fourth-order valence-electron chi connectivity index (χ4n) is 1.76. The molecule has 4 nitrogen and oxygen atoms in total. The largest absolute Gasteiger partial charge is 0.504 e. The molecule has 0 aliphatic heterocycles. The number of esters is 1. The molecular weight excluding hydrogens is 280 g/mol. The Morgan fingerprint density at radius 3 is 2.77 bits per heavy atom. The van der Waals surface area contributed by atoms with Crippen molar-refractivity contribution in [2.24, 2.45) is 5.92 Å². The van der Waals surface area contributed by atoms with E-state index in [4.69, 9.17) is 9.47 Å². The highest BCUT2D eigenvalue weighted by Crippen LogP contribution is 2.26. The van der Waals surface area contributed by atoms with E-state index in [9.17, 15) is 9.90 Å². The molecule has 0 fully saturated rings. The summed E-state index contributed by atoms with van der Waals surface area (Å²) in [5, 5.41) is 9.49. The Kier molecular flexibility index (Phi) is 7.83. The van der Waals surface area contributed by atoms with Crippen molar-refractivity contribution in [1.29, 1.82) is 0 Å². The van der Waals surface area contributed by atoms with Crippen molar-refractivity contribution in [3.05, 3.63) is 42.0 Å². The van der Waals surface area contributed by atoms with Crippen LogP contribution in [-0.2, 0) is 9.53 Å². The zero-order chi connectivity index (χ0) is 16.4. The summed E-state index contributed by atoms with van der Waals surface area (Å²) in [5.74, 6) is 0.805. The Hall–Kier alpha value is -2.23. The number of ether oxygens (including phenoxy) is 2. The lowest BCUT2D eigenvalue weighted by atomic mass is 10.2. The maximum absolute atomic E-state index is 11.5. The van der Waals surface area contributed by atoms with E-state index in [1.807, 2.05) is 12.2 Å². The van der Waals surface area contributed by atoms with Gasteiger partial charge in [0.2, 0.25) is 0 Å². The molecule has 1 rings (SSSR count). The van der Waals surface area contributed by atoms with Crippen molar-refractivity contribution in [1.82, 2.24) is 0 Å². The molecule has 0 aliphatic rings. The van der Waals surface area contributed by atoms with Crippen molar-refractivity contribution >= 4 is 12.0 Å². The van der Waals surface area contributed by atoms with Gasteiger partial charge in [-0.25, -0.2) is 0 Å². The van der Waals surface area contributed by atoms with Gasteiger partial charge in [0.15, 0.2) is 11.5 Å². The number of aromatic hydroxyl groups is 1. The van der Waals surface area contributed by atoms with Crippen molar-refractivity contribution in [2.45, 2.75) is 26.7 Å². The van der Waals surface area contributed by atoms with Gasteiger partial charge >= 0.3 is 5.97 Å². The number of methoxy groups -OCH3 is 1. The van der Waals surface area contributed by atoms with E-state index in [0.717, 1.165) is 5.56 Å². The molecule has 0 amide bonds. The van der Waals surface area contributed by atoms with E-state index in [-0.39, 0.29) is 18.3 Å². The minimum atomic E-state index is -0.207. The molecule has 0 aromatic heterocycles. The Bertz CT molecular complexity index is 530. The number of carbonyl (C=O) groups is 1. The minimum Gasteiger partial charge on any atom is -0.504 e. The van der Waals surface area contributed by atoms with Gasteiger partial charge in [-0.2, -0.15) is 0 Å². The van der Waals surface area contributed by atoms with Gasteiger partial charge < -0.3 is 14.6 Å². The molecule has 1 N–H and O–H groups in total. The third kappa shape index (κ3) is 6.97. The highest BCUT2D eigenvalue weighted by Gasteiger charge is 2.01. The SMILES string of the molecule is COc1cc(/C=C/COC(=O)CC/C=C/C(C)C)ccc1O. The third-order valence-electron chi connectivity index (χ3n) is 2.89. The maximum Gasteiger partial charge on any atom is 0.306 e. The van der Waals surface area contributed by atoms with Crippen molar-refractivity contribution in [3.8, 4) is 11.5 Å². The van der Waals surface area contributed by atoms with Gasteiger partial charge in [0.25, 0.3) is 0 Å². The Morgan fingerprint density at radius 2 is 2.09 bits per heavy atom. The van der Waals surface area contributed by atoms with Crippen LogP contribution in [0, 0.1) is 5.92 Å². The van der Waals surface area contributed by atoms with Crippen molar-refractivity contribution in [2.75, 3.05) is 13.7 Å². The molecule has 4 heteroatoms. The predicted octanol–water partition coefficient (Wildman–Crippen LogP) is 3.95. The third-order valence-corrected chi connectivity index (χ3v) is 2.89. The number of rotatable bonds is 8. The van der Waals surface area contributed by atoms with E-state index in [2.05, 4.69) is 19.9 Å². The number of benzene rings is 1. The lowest BCUT2D eigenvalue weighted by Gasteiger charge is -2.04. The topological polar surface area (TPSA) is 55.8 Å². The van der Waals surface area contributed by atoms with Gasteiger partial charge in [-0.3, -0.25) is 4.79 Å². The predicted molar refractivity (Wildman–Crippen MR) is 87.9 cm³/mol. The molecule has 0 atom stereocenters. The summed E-state index contributed by atoms with van der Waals surface area (Å²) in [7, 11) is 1.50. The zero-order valence-corrected chi connectivity index (χ0v) is 13.4. The monoisotopic (exact) mass is 304 g/mol. The molecule has 120 valence electrons. The number of allylic oxidation sites excluding steroid dienone is 2. The minimum absolute atomic E-state index is 0.0977. The molecule has 0 spiro atoms. The molecule has 0 unspecified atom stereocenters. The van der Waals surface area contributed by atoms with E-state index >= 15 is 0 Å². The Morgan fingerprint density at radius 1 is 1.32 bits per heavy atom. The fraction of sp³-hybridized carbons (Fsp3) is 0.389. The molecule has 1 aromatic rings. The average Bonchev–Trinajstić information content (AvgIpc) is 2.49. The zero-order valence-electron chi connectivity index (χ0n) is 13.4. The smallest absolute Gasteiger partial charge is 0.306 e. The number of carbonyl (C=O) groups excluding carboxylic acids is 1. The lowest BCUT2D eigenvalue weighted by molar-refractivity contribution is -0.142. The quantitative estimate of drug-likeness (QED) is 0.583. The number of phenols is 1. The summed E-state index contributed by atoms with van der Waals surface area (Å²) < 4.78 is 10.1. The maximum atomic E-state index is 11.5. The second-order valence-electron chi connectivity index (χ2n) is 5.23. The first kappa shape index (κ1) is 17.8. The molecule has 0 saturated heterocycles. The van der Waals surface area contributed by atoms with Gasteiger partial charge in [-0.05, 0) is 36.1 Å². The summed E-state index contributed by atoms with van der Waals surface area (Å²) in [6, 6.07) is 5.03. The summed E-state index contributed by atoms with van der Waals surface area (Å²) in [5.41, 5.74) is 0.866. The number of hydrogen-bond acceptors (Lipinski definition) is 4. The van der Waals surface area contributed by atoms with E-state index < -0.39 is 0 Å². The second-order valence-corrected chi connectivity index (χ2v) is 5.23. The Labute approximate surface area is 132 Å². The highest BCUT2D eigenvalue weighted by molar-refractivity contribution is 5.69. The fourth-order valence-corrected chi connectivity index (χ4v) is 1.76.